The van der Waals surface area contributed by atoms with Crippen LogP contribution in [0.1, 0.15) is 11.1 Å². The smallest absolute Gasteiger partial charge is 0.130 e. The minimum Gasteiger partial charge on any atom is -0.488 e. The molecule has 5 heteroatoms. The molecule has 0 bridgehead atoms. The van der Waals surface area contributed by atoms with Gasteiger partial charge >= 0.3 is 0 Å². The van der Waals surface area contributed by atoms with Crippen LogP contribution in [0.25, 0.3) is 6.08 Å². The summed E-state index contributed by atoms with van der Waals surface area (Å²) in [4.78, 5) is 0. The van der Waals surface area contributed by atoms with Crippen molar-refractivity contribution in [3.63, 3.8) is 0 Å². The Bertz CT molecular complexity index is 787. The van der Waals surface area contributed by atoms with Crippen molar-refractivity contribution in [3.8, 4) is 17.9 Å². The Morgan fingerprint density at radius 2 is 1.91 bits per heavy atom. The summed E-state index contributed by atoms with van der Waals surface area (Å²) in [7, 11) is 0. The average Bonchev–Trinajstić information content (AvgIpc) is 2.53. The van der Waals surface area contributed by atoms with Crippen molar-refractivity contribution >= 4 is 22.0 Å². The highest BCUT2D eigenvalue weighted by Crippen LogP contribution is 2.26. The summed E-state index contributed by atoms with van der Waals surface area (Å²) in [5.41, 5.74) is 0.971. The number of hydrogen-bond acceptors (Lipinski definition) is 3. The van der Waals surface area contributed by atoms with Crippen LogP contribution in [0, 0.1) is 28.5 Å². The maximum absolute atomic E-state index is 13.6. The monoisotopic (exact) mass is 356 g/mol. The first-order valence-electron chi connectivity index (χ1n) is 6.31. The van der Waals surface area contributed by atoms with E-state index in [9.17, 15) is 4.39 Å². The molecule has 0 fully saturated rings. The van der Waals surface area contributed by atoms with Gasteiger partial charge in [-0.2, -0.15) is 10.5 Å². The zero-order valence-electron chi connectivity index (χ0n) is 11.4. The topological polar surface area (TPSA) is 56.8 Å². The molecule has 0 saturated heterocycles. The first-order valence-corrected chi connectivity index (χ1v) is 7.11. The molecule has 3 nitrogen and oxygen atoms in total. The fourth-order valence-corrected chi connectivity index (χ4v) is 2.16. The van der Waals surface area contributed by atoms with Crippen molar-refractivity contribution in [2.24, 2.45) is 0 Å². The zero-order valence-corrected chi connectivity index (χ0v) is 13.0. The number of ether oxygens (including phenoxy) is 1. The van der Waals surface area contributed by atoms with E-state index in [4.69, 9.17) is 15.3 Å². The highest BCUT2D eigenvalue weighted by Gasteiger charge is 2.07. The van der Waals surface area contributed by atoms with E-state index in [-0.39, 0.29) is 18.0 Å². The third-order valence-corrected chi connectivity index (χ3v) is 3.35. The van der Waals surface area contributed by atoms with E-state index in [1.165, 1.54) is 12.1 Å². The Hall–Kier alpha value is -2.63. The predicted molar refractivity (Wildman–Crippen MR) is 84.1 cm³/mol. The summed E-state index contributed by atoms with van der Waals surface area (Å²) in [5.74, 6) is 0.126. The van der Waals surface area contributed by atoms with Gasteiger partial charge in [-0.25, -0.2) is 4.39 Å². The van der Waals surface area contributed by atoms with Crippen molar-refractivity contribution in [2.75, 3.05) is 0 Å². The molecule has 0 aliphatic carbocycles. The van der Waals surface area contributed by atoms with Crippen LogP contribution >= 0.6 is 15.9 Å². The number of rotatable bonds is 4. The molecule has 0 spiro atoms. The Morgan fingerprint density at radius 3 is 2.59 bits per heavy atom. The third-order valence-electron chi connectivity index (χ3n) is 2.85. The van der Waals surface area contributed by atoms with E-state index in [1.807, 2.05) is 0 Å². The van der Waals surface area contributed by atoms with Gasteiger partial charge in [0.1, 0.15) is 35.9 Å². The first kappa shape index (κ1) is 15.8. The van der Waals surface area contributed by atoms with Crippen LogP contribution in [0.5, 0.6) is 5.75 Å². The largest absolute Gasteiger partial charge is 0.488 e. The Labute approximate surface area is 136 Å². The number of nitrogens with zero attached hydrogens (tertiary/aromatic N) is 2. The van der Waals surface area contributed by atoms with Crippen LogP contribution in [-0.4, -0.2) is 0 Å². The molecule has 0 saturated carbocycles. The summed E-state index contributed by atoms with van der Waals surface area (Å²) < 4.78 is 20.0. The minimum absolute atomic E-state index is 0.0335. The Morgan fingerprint density at radius 1 is 1.18 bits per heavy atom. The normalized spacial score (nSPS) is 9.45. The lowest BCUT2D eigenvalue weighted by Gasteiger charge is -2.10. The summed E-state index contributed by atoms with van der Waals surface area (Å²) >= 11 is 3.33. The number of hydrogen-bond donors (Lipinski definition) is 0. The molecule has 108 valence electrons. The van der Waals surface area contributed by atoms with E-state index >= 15 is 0 Å². The molecule has 2 rings (SSSR count). The summed E-state index contributed by atoms with van der Waals surface area (Å²) in [6.07, 6.45) is 1.43. The summed E-state index contributed by atoms with van der Waals surface area (Å²) in [6, 6.07) is 15.1. The van der Waals surface area contributed by atoms with Crippen LogP contribution in [0.3, 0.4) is 0 Å². The van der Waals surface area contributed by atoms with Gasteiger partial charge in [-0.15, -0.1) is 0 Å². The first-order chi connectivity index (χ1) is 10.6. The highest BCUT2D eigenvalue weighted by atomic mass is 79.9. The van der Waals surface area contributed by atoms with Gasteiger partial charge in [-0.05, 0) is 30.3 Å². The second kappa shape index (κ2) is 7.40. The van der Waals surface area contributed by atoms with Crippen LogP contribution in [0.15, 0.2) is 52.5 Å². The van der Waals surface area contributed by atoms with Gasteiger partial charge in [-0.1, -0.05) is 34.1 Å². The quantitative estimate of drug-likeness (QED) is 0.752. The molecule has 0 aromatic heterocycles. The Kier molecular flexibility index (Phi) is 5.30. The maximum atomic E-state index is 13.6. The second-order valence-corrected chi connectivity index (χ2v) is 5.26. The van der Waals surface area contributed by atoms with E-state index in [1.54, 1.807) is 48.5 Å². The molecule has 0 aliphatic rings. The molecular formula is C17H10BrFN2O. The molecule has 0 heterocycles. The fourth-order valence-electron chi connectivity index (χ4n) is 1.78. The molecular weight excluding hydrogens is 347 g/mol. The third kappa shape index (κ3) is 3.94. The van der Waals surface area contributed by atoms with Gasteiger partial charge in [0.25, 0.3) is 0 Å². The SMILES string of the molecule is N#CC(C#N)=Cc1cc(Br)ccc1OCc1ccccc1F. The lowest BCUT2D eigenvalue weighted by molar-refractivity contribution is 0.299. The number of benzene rings is 2. The molecule has 22 heavy (non-hydrogen) atoms. The molecule has 0 unspecified atom stereocenters. The van der Waals surface area contributed by atoms with Gasteiger partial charge in [-0.3, -0.25) is 0 Å². The van der Waals surface area contributed by atoms with Crippen LogP contribution in [0.4, 0.5) is 4.39 Å². The average molecular weight is 357 g/mol. The van der Waals surface area contributed by atoms with Crippen molar-refractivity contribution in [3.05, 3.63) is 69.5 Å². The molecule has 0 radical (unpaired) electrons. The molecule has 2 aromatic rings. The number of nitriles is 2. The fraction of sp³-hybridized carbons (Fsp3) is 0.0588. The van der Waals surface area contributed by atoms with Gasteiger partial charge < -0.3 is 4.74 Å². The van der Waals surface area contributed by atoms with E-state index in [0.717, 1.165) is 4.47 Å². The highest BCUT2D eigenvalue weighted by molar-refractivity contribution is 9.10. The van der Waals surface area contributed by atoms with Crippen molar-refractivity contribution < 1.29 is 9.13 Å². The lowest BCUT2D eigenvalue weighted by Crippen LogP contribution is -1.99. The summed E-state index contributed by atoms with van der Waals surface area (Å²) in [6.45, 7) is 0.0591. The molecule has 0 amide bonds. The summed E-state index contributed by atoms with van der Waals surface area (Å²) in [5, 5.41) is 17.7. The zero-order chi connectivity index (χ0) is 15.9. The van der Waals surface area contributed by atoms with Gasteiger partial charge in [0.05, 0.1) is 0 Å². The molecule has 0 atom stereocenters. The second-order valence-electron chi connectivity index (χ2n) is 4.34. The number of allylic oxidation sites excluding steroid dienone is 1. The molecule has 0 aliphatic heterocycles. The Balaban J connectivity index is 2.29. The van der Waals surface area contributed by atoms with E-state index in [2.05, 4.69) is 15.9 Å². The predicted octanol–water partition coefficient (Wildman–Crippen LogP) is 4.60. The van der Waals surface area contributed by atoms with Crippen LogP contribution in [0.2, 0.25) is 0 Å². The molecule has 2 aromatic carbocycles. The van der Waals surface area contributed by atoms with E-state index in [0.29, 0.717) is 16.9 Å². The van der Waals surface area contributed by atoms with Gasteiger partial charge in [0.2, 0.25) is 0 Å². The lowest BCUT2D eigenvalue weighted by atomic mass is 10.1. The van der Waals surface area contributed by atoms with Gasteiger partial charge in [0, 0.05) is 15.6 Å². The number of halogens is 2. The van der Waals surface area contributed by atoms with Crippen molar-refractivity contribution in [2.45, 2.75) is 6.61 Å². The molecule has 0 N–H and O–H groups in total. The standard InChI is InChI=1S/C17H10BrFN2O/c18-15-5-6-17(14(8-15)7-12(9-20)10-21)22-11-13-3-1-2-4-16(13)19/h1-8H,11H2. The van der Waals surface area contributed by atoms with Crippen molar-refractivity contribution in [1.82, 2.24) is 0 Å². The van der Waals surface area contributed by atoms with E-state index < -0.39 is 0 Å². The maximum Gasteiger partial charge on any atom is 0.130 e. The van der Waals surface area contributed by atoms with Crippen LogP contribution in [-0.2, 0) is 6.61 Å². The van der Waals surface area contributed by atoms with Gasteiger partial charge in [0.15, 0.2) is 0 Å². The van der Waals surface area contributed by atoms with Crippen LogP contribution < -0.4 is 4.74 Å². The van der Waals surface area contributed by atoms with Crippen molar-refractivity contribution in [1.29, 1.82) is 10.5 Å². The minimum atomic E-state index is -0.341.